The molecule has 1 aromatic heterocycles. The summed E-state index contributed by atoms with van der Waals surface area (Å²) in [5.74, 6) is 5.99. The average molecular weight is 295 g/mol. The molecule has 0 amide bonds. The Morgan fingerprint density at radius 2 is 2.25 bits per heavy atom. The Bertz CT molecular complexity index is 459. The van der Waals surface area contributed by atoms with Gasteiger partial charge in [0, 0.05) is 18.4 Å². The first-order valence-electron chi connectivity index (χ1n) is 6.93. The predicted octanol–water partition coefficient (Wildman–Crippen LogP) is 2.80. The molecule has 2 rings (SSSR count). The van der Waals surface area contributed by atoms with Gasteiger partial charge < -0.3 is 5.11 Å². The van der Waals surface area contributed by atoms with Crippen LogP contribution in [0.5, 0.6) is 0 Å². The van der Waals surface area contributed by atoms with Gasteiger partial charge in [-0.15, -0.1) is 12.4 Å². The monoisotopic (exact) mass is 294 g/mol. The Kier molecular flexibility index (Phi) is 6.48. The van der Waals surface area contributed by atoms with Crippen molar-refractivity contribution < 1.29 is 5.11 Å². The second kappa shape index (κ2) is 7.64. The van der Waals surface area contributed by atoms with Crippen LogP contribution >= 0.6 is 12.4 Å². The van der Waals surface area contributed by atoms with Gasteiger partial charge in [0.2, 0.25) is 0 Å². The molecule has 1 saturated heterocycles. The molecule has 0 bridgehead atoms. The highest BCUT2D eigenvalue weighted by molar-refractivity contribution is 5.85. The van der Waals surface area contributed by atoms with Crippen LogP contribution in [-0.4, -0.2) is 33.7 Å². The zero-order chi connectivity index (χ0) is 13.7. The van der Waals surface area contributed by atoms with Crippen molar-refractivity contribution in [3.8, 4) is 11.8 Å². The van der Waals surface area contributed by atoms with E-state index in [1.165, 1.54) is 18.4 Å². The summed E-state index contributed by atoms with van der Waals surface area (Å²) in [5.41, 5.74) is 0.367. The fourth-order valence-corrected chi connectivity index (χ4v) is 2.49. The van der Waals surface area contributed by atoms with Gasteiger partial charge in [0.05, 0.1) is 6.54 Å². The molecule has 2 heterocycles. The third-order valence-electron chi connectivity index (χ3n) is 3.36. The maximum atomic E-state index is 9.63. The summed E-state index contributed by atoms with van der Waals surface area (Å²) in [6.45, 7) is 5.22. The van der Waals surface area contributed by atoms with Gasteiger partial charge in [0.15, 0.2) is 0 Å². The van der Waals surface area contributed by atoms with Crippen LogP contribution in [0.3, 0.4) is 0 Å². The van der Waals surface area contributed by atoms with Crippen LogP contribution in [0.25, 0.3) is 0 Å². The molecule has 110 valence electrons. The van der Waals surface area contributed by atoms with Gasteiger partial charge in [-0.2, -0.15) is 0 Å². The molecule has 4 heteroatoms. The van der Waals surface area contributed by atoms with Crippen LogP contribution in [0.1, 0.15) is 44.7 Å². The number of likely N-dealkylation sites (tertiary alicyclic amines) is 1. The summed E-state index contributed by atoms with van der Waals surface area (Å²) >= 11 is 0. The molecule has 0 aliphatic carbocycles. The van der Waals surface area contributed by atoms with Gasteiger partial charge in [-0.05, 0) is 44.9 Å². The number of aliphatic hydroxyl groups is 1. The van der Waals surface area contributed by atoms with Crippen molar-refractivity contribution in [3.63, 3.8) is 0 Å². The van der Waals surface area contributed by atoms with Crippen molar-refractivity contribution in [3.05, 3.63) is 30.1 Å². The van der Waals surface area contributed by atoms with Gasteiger partial charge in [-0.1, -0.05) is 24.3 Å². The molecule has 1 aliphatic heterocycles. The van der Waals surface area contributed by atoms with Crippen LogP contribution in [0.2, 0.25) is 0 Å². The highest BCUT2D eigenvalue weighted by atomic mass is 35.5. The van der Waals surface area contributed by atoms with E-state index in [1.807, 2.05) is 18.5 Å². The molecule has 1 fully saturated rings. The molecule has 1 N–H and O–H groups in total. The van der Waals surface area contributed by atoms with Gasteiger partial charge in [0.1, 0.15) is 5.60 Å². The standard InChI is InChI=1S/C16H22N2O.ClH/c1-16(2,19)9-6-12-18-11-4-3-8-15(18)14-7-5-10-17-13-14;/h5,7,10,13,15,19H,3-4,8,11-12H2,1-2H3;1H/t15-;/m1./s1. The van der Waals surface area contributed by atoms with E-state index in [2.05, 4.69) is 27.8 Å². The summed E-state index contributed by atoms with van der Waals surface area (Å²) < 4.78 is 0. The Labute approximate surface area is 127 Å². The first-order chi connectivity index (χ1) is 9.06. The number of piperidine rings is 1. The number of aromatic nitrogens is 1. The van der Waals surface area contributed by atoms with Crippen LogP contribution < -0.4 is 0 Å². The van der Waals surface area contributed by atoms with Crippen LogP contribution in [-0.2, 0) is 0 Å². The van der Waals surface area contributed by atoms with E-state index in [0.29, 0.717) is 12.6 Å². The van der Waals surface area contributed by atoms with Crippen molar-refractivity contribution in [2.75, 3.05) is 13.1 Å². The Morgan fingerprint density at radius 1 is 1.45 bits per heavy atom. The van der Waals surface area contributed by atoms with Gasteiger partial charge in [0.25, 0.3) is 0 Å². The molecule has 1 aliphatic rings. The maximum Gasteiger partial charge on any atom is 0.120 e. The number of nitrogens with zero attached hydrogens (tertiary/aromatic N) is 2. The van der Waals surface area contributed by atoms with Gasteiger partial charge in [-0.25, -0.2) is 0 Å². The van der Waals surface area contributed by atoms with E-state index >= 15 is 0 Å². The molecule has 0 aromatic carbocycles. The predicted molar refractivity (Wildman–Crippen MR) is 83.7 cm³/mol. The van der Waals surface area contributed by atoms with Crippen molar-refractivity contribution >= 4 is 12.4 Å². The minimum atomic E-state index is -0.903. The second-order valence-electron chi connectivity index (χ2n) is 5.63. The smallest absolute Gasteiger partial charge is 0.120 e. The van der Waals surface area contributed by atoms with Gasteiger partial charge in [-0.3, -0.25) is 9.88 Å². The Balaban J connectivity index is 0.00000200. The molecule has 0 unspecified atom stereocenters. The minimum absolute atomic E-state index is 0. The average Bonchev–Trinajstić information content (AvgIpc) is 2.39. The van der Waals surface area contributed by atoms with E-state index in [-0.39, 0.29) is 12.4 Å². The normalized spacial score (nSPS) is 19.6. The molecule has 1 aromatic rings. The SMILES string of the molecule is CC(C)(O)C#CCN1CCCC[C@@H]1c1cccnc1.Cl. The molecule has 0 saturated carbocycles. The van der Waals surface area contributed by atoms with Gasteiger partial charge >= 0.3 is 0 Å². The van der Waals surface area contributed by atoms with Crippen molar-refractivity contribution in [2.24, 2.45) is 0 Å². The molecule has 1 atom stereocenters. The number of hydrogen-bond acceptors (Lipinski definition) is 3. The van der Waals surface area contributed by atoms with E-state index in [9.17, 15) is 5.11 Å². The number of halogens is 1. The largest absolute Gasteiger partial charge is 0.378 e. The topological polar surface area (TPSA) is 36.4 Å². The first kappa shape index (κ1) is 17.0. The number of hydrogen-bond donors (Lipinski definition) is 1. The van der Waals surface area contributed by atoms with Crippen LogP contribution in [0.15, 0.2) is 24.5 Å². The van der Waals surface area contributed by atoms with Crippen molar-refractivity contribution in [2.45, 2.75) is 44.8 Å². The van der Waals surface area contributed by atoms with Crippen molar-refractivity contribution in [1.82, 2.24) is 9.88 Å². The lowest BCUT2D eigenvalue weighted by Crippen LogP contribution is -2.34. The molecule has 0 radical (unpaired) electrons. The fourth-order valence-electron chi connectivity index (χ4n) is 2.49. The molecular weight excluding hydrogens is 272 g/mol. The summed E-state index contributed by atoms with van der Waals surface area (Å²) in [7, 11) is 0. The minimum Gasteiger partial charge on any atom is -0.378 e. The lowest BCUT2D eigenvalue weighted by Gasteiger charge is -2.34. The lowest BCUT2D eigenvalue weighted by atomic mass is 9.96. The summed E-state index contributed by atoms with van der Waals surface area (Å²) in [4.78, 5) is 6.60. The summed E-state index contributed by atoms with van der Waals surface area (Å²) in [6, 6.07) is 4.54. The quantitative estimate of drug-likeness (QED) is 0.852. The Morgan fingerprint density at radius 3 is 2.90 bits per heavy atom. The molecule has 3 nitrogen and oxygen atoms in total. The number of rotatable bonds is 2. The third kappa shape index (κ3) is 5.13. The van der Waals surface area contributed by atoms with Crippen LogP contribution in [0.4, 0.5) is 0 Å². The highest BCUT2D eigenvalue weighted by Gasteiger charge is 2.23. The van der Waals surface area contributed by atoms with Crippen molar-refractivity contribution in [1.29, 1.82) is 0 Å². The van der Waals surface area contributed by atoms with E-state index in [1.54, 1.807) is 13.8 Å². The molecule has 20 heavy (non-hydrogen) atoms. The first-order valence-corrected chi connectivity index (χ1v) is 6.93. The zero-order valence-corrected chi connectivity index (χ0v) is 13.0. The summed E-state index contributed by atoms with van der Waals surface area (Å²) in [5, 5.41) is 9.63. The maximum absolute atomic E-state index is 9.63. The molecular formula is C16H23ClN2O. The number of pyridine rings is 1. The second-order valence-corrected chi connectivity index (χ2v) is 5.63. The highest BCUT2D eigenvalue weighted by Crippen LogP contribution is 2.29. The van der Waals surface area contributed by atoms with E-state index in [4.69, 9.17) is 0 Å². The van der Waals surface area contributed by atoms with E-state index < -0.39 is 5.60 Å². The summed E-state index contributed by atoms with van der Waals surface area (Å²) in [6.07, 6.45) is 7.41. The van der Waals surface area contributed by atoms with Crippen LogP contribution in [0, 0.1) is 11.8 Å². The molecule has 0 spiro atoms. The fraction of sp³-hybridized carbons (Fsp3) is 0.562. The Hall–Kier alpha value is -1.08. The lowest BCUT2D eigenvalue weighted by molar-refractivity contribution is 0.142. The third-order valence-corrected chi connectivity index (χ3v) is 3.36. The van der Waals surface area contributed by atoms with E-state index in [0.717, 1.165) is 13.0 Å². The zero-order valence-electron chi connectivity index (χ0n) is 12.2.